The van der Waals surface area contributed by atoms with Crippen LogP contribution in [0.25, 0.3) is 22.3 Å². The molecule has 0 radical (unpaired) electrons. The summed E-state index contributed by atoms with van der Waals surface area (Å²) in [7, 11) is 0. The van der Waals surface area contributed by atoms with E-state index in [-0.39, 0.29) is 11.8 Å². The molecule has 0 saturated carbocycles. The molecule has 2 aromatic heterocycles. The fraction of sp³-hybridized carbons (Fsp3) is 0.333. The smallest absolute Gasteiger partial charge is 0.222 e. The van der Waals surface area contributed by atoms with Gasteiger partial charge in [-0.3, -0.25) is 0 Å². The maximum atomic E-state index is 13.3. The molecule has 4 rings (SSSR count). The van der Waals surface area contributed by atoms with Crippen molar-refractivity contribution in [2.45, 2.75) is 13.3 Å². The van der Waals surface area contributed by atoms with Crippen molar-refractivity contribution in [3.05, 3.63) is 42.2 Å². The summed E-state index contributed by atoms with van der Waals surface area (Å²) in [5, 5.41) is 4.07. The van der Waals surface area contributed by atoms with Crippen LogP contribution in [0.1, 0.15) is 13.3 Å². The van der Waals surface area contributed by atoms with E-state index in [1.807, 2.05) is 12.1 Å². The van der Waals surface area contributed by atoms with E-state index in [1.54, 1.807) is 12.1 Å². The summed E-state index contributed by atoms with van der Waals surface area (Å²) in [4.78, 5) is 18.0. The highest BCUT2D eigenvalue weighted by Gasteiger charge is 2.23. The van der Waals surface area contributed by atoms with Crippen molar-refractivity contribution in [1.82, 2.24) is 25.2 Å². The predicted molar refractivity (Wildman–Crippen MR) is 122 cm³/mol. The highest BCUT2D eigenvalue weighted by Crippen LogP contribution is 2.27. The number of piperazine rings is 1. The van der Waals surface area contributed by atoms with Gasteiger partial charge in [-0.05, 0) is 55.0 Å². The topological polar surface area (TPSA) is 83.2 Å². The Labute approximate surface area is 180 Å². The summed E-state index contributed by atoms with van der Waals surface area (Å²) >= 11 is 5.48. The summed E-state index contributed by atoms with van der Waals surface area (Å²) in [6, 6.07) is 10.0. The number of pyridine rings is 1. The van der Waals surface area contributed by atoms with Gasteiger partial charge in [0.05, 0.1) is 11.2 Å². The number of benzene rings is 1. The molecule has 0 unspecified atom stereocenters. The number of thiocarbonyl (C=S) groups is 1. The van der Waals surface area contributed by atoms with Crippen molar-refractivity contribution < 1.29 is 4.39 Å². The van der Waals surface area contributed by atoms with E-state index in [9.17, 15) is 4.39 Å². The van der Waals surface area contributed by atoms with Gasteiger partial charge in [-0.2, -0.15) is 4.98 Å². The first-order valence-electron chi connectivity index (χ1n) is 10.0. The minimum Gasteiger partial charge on any atom is -0.368 e. The molecule has 0 amide bonds. The molecular weight excluding hydrogens is 401 g/mol. The lowest BCUT2D eigenvalue weighted by molar-refractivity contribution is 0.379. The molecule has 30 heavy (non-hydrogen) atoms. The van der Waals surface area contributed by atoms with Gasteiger partial charge in [0.2, 0.25) is 5.95 Å². The molecule has 0 bridgehead atoms. The molecule has 1 aromatic carbocycles. The molecule has 7 nitrogen and oxygen atoms in total. The zero-order valence-corrected chi connectivity index (χ0v) is 17.6. The molecule has 3 heterocycles. The first kappa shape index (κ1) is 20.2. The van der Waals surface area contributed by atoms with Crippen LogP contribution in [0.15, 0.2) is 36.4 Å². The SMILES string of the molecule is CCCNC(=S)N1CCN(c2nc(N)nc3ccc(-c4ccc(F)cc4)nc23)CC1. The zero-order chi connectivity index (χ0) is 21.1. The van der Waals surface area contributed by atoms with Crippen LogP contribution >= 0.6 is 12.2 Å². The van der Waals surface area contributed by atoms with E-state index < -0.39 is 0 Å². The van der Waals surface area contributed by atoms with Gasteiger partial charge >= 0.3 is 0 Å². The molecule has 1 fully saturated rings. The van der Waals surface area contributed by atoms with Crippen molar-refractivity contribution in [3.8, 4) is 11.3 Å². The number of fused-ring (bicyclic) bond motifs is 1. The van der Waals surface area contributed by atoms with Crippen molar-refractivity contribution in [3.63, 3.8) is 0 Å². The molecule has 1 aliphatic rings. The average Bonchev–Trinajstić information content (AvgIpc) is 2.77. The van der Waals surface area contributed by atoms with Gasteiger partial charge in [0.15, 0.2) is 10.9 Å². The standard InChI is InChI=1S/C21H24FN7S/c1-2-9-24-21(30)29-12-10-28(11-13-29)19-18-17(26-20(23)27-19)8-7-16(25-18)14-3-5-15(22)6-4-14/h3-8H,2,9-13H2,1H3,(H,24,30)(H2,23,26,27). The van der Waals surface area contributed by atoms with Crippen LogP contribution < -0.4 is 16.0 Å². The number of nitrogens with two attached hydrogens (primary N) is 1. The summed E-state index contributed by atoms with van der Waals surface area (Å²) in [6.07, 6.45) is 1.04. The van der Waals surface area contributed by atoms with Crippen LogP contribution in [-0.4, -0.2) is 57.7 Å². The number of hydrogen-bond acceptors (Lipinski definition) is 6. The molecule has 156 valence electrons. The third-order valence-electron chi connectivity index (χ3n) is 5.07. The summed E-state index contributed by atoms with van der Waals surface area (Å²) in [5.74, 6) is 0.658. The lowest BCUT2D eigenvalue weighted by Crippen LogP contribution is -2.52. The van der Waals surface area contributed by atoms with Gasteiger partial charge in [-0.25, -0.2) is 14.4 Å². The van der Waals surface area contributed by atoms with Crippen molar-refractivity contribution in [2.24, 2.45) is 0 Å². The number of rotatable bonds is 4. The number of anilines is 2. The Kier molecular flexibility index (Phi) is 5.89. The number of halogens is 1. The van der Waals surface area contributed by atoms with E-state index >= 15 is 0 Å². The molecule has 0 atom stereocenters. The second-order valence-corrected chi connectivity index (χ2v) is 7.57. The molecule has 1 saturated heterocycles. The summed E-state index contributed by atoms with van der Waals surface area (Å²) in [5.41, 5.74) is 8.91. The normalized spacial score (nSPS) is 14.2. The third kappa shape index (κ3) is 4.25. The van der Waals surface area contributed by atoms with E-state index in [0.717, 1.165) is 55.5 Å². The maximum Gasteiger partial charge on any atom is 0.222 e. The number of nitrogens with zero attached hydrogens (tertiary/aromatic N) is 5. The summed E-state index contributed by atoms with van der Waals surface area (Å²) < 4.78 is 13.3. The van der Waals surface area contributed by atoms with Gasteiger partial charge in [-0.1, -0.05) is 6.92 Å². The Morgan fingerprint density at radius 3 is 2.50 bits per heavy atom. The number of aromatic nitrogens is 3. The Morgan fingerprint density at radius 1 is 1.07 bits per heavy atom. The quantitative estimate of drug-likeness (QED) is 0.618. The zero-order valence-electron chi connectivity index (χ0n) is 16.8. The summed E-state index contributed by atoms with van der Waals surface area (Å²) in [6.45, 7) is 6.08. The van der Waals surface area contributed by atoms with Crippen LogP contribution in [0, 0.1) is 5.82 Å². The lowest BCUT2D eigenvalue weighted by Gasteiger charge is -2.37. The maximum absolute atomic E-state index is 13.3. The Hall–Kier alpha value is -3.07. The molecule has 3 aromatic rings. The Balaban J connectivity index is 1.61. The first-order chi connectivity index (χ1) is 14.5. The van der Waals surface area contributed by atoms with Crippen LogP contribution in [0.2, 0.25) is 0 Å². The van der Waals surface area contributed by atoms with E-state index in [1.165, 1.54) is 12.1 Å². The minimum atomic E-state index is -0.277. The van der Waals surface area contributed by atoms with E-state index in [0.29, 0.717) is 16.9 Å². The van der Waals surface area contributed by atoms with Gasteiger partial charge in [0.25, 0.3) is 0 Å². The second kappa shape index (κ2) is 8.74. The molecule has 0 spiro atoms. The fourth-order valence-electron chi connectivity index (χ4n) is 3.48. The lowest BCUT2D eigenvalue weighted by atomic mass is 10.1. The number of nitrogen functional groups attached to an aromatic ring is 1. The molecule has 1 aliphatic heterocycles. The predicted octanol–water partition coefficient (Wildman–Crippen LogP) is 2.82. The van der Waals surface area contributed by atoms with Gasteiger partial charge in [0, 0.05) is 38.3 Å². The second-order valence-electron chi connectivity index (χ2n) is 7.18. The van der Waals surface area contributed by atoms with Crippen LogP contribution in [0.4, 0.5) is 16.2 Å². The fourth-order valence-corrected chi connectivity index (χ4v) is 3.77. The number of hydrogen-bond donors (Lipinski definition) is 2. The highest BCUT2D eigenvalue weighted by atomic mass is 32.1. The van der Waals surface area contributed by atoms with Crippen molar-refractivity contribution in [1.29, 1.82) is 0 Å². The van der Waals surface area contributed by atoms with Crippen molar-refractivity contribution >= 4 is 40.1 Å². The monoisotopic (exact) mass is 425 g/mol. The molecular formula is C21H24FN7S. The number of nitrogens with one attached hydrogen (secondary N) is 1. The third-order valence-corrected chi connectivity index (χ3v) is 5.48. The highest BCUT2D eigenvalue weighted by molar-refractivity contribution is 7.80. The van der Waals surface area contributed by atoms with Gasteiger partial charge in [0.1, 0.15) is 11.3 Å². The van der Waals surface area contributed by atoms with Crippen LogP contribution in [0.3, 0.4) is 0 Å². The Bertz CT molecular complexity index is 1050. The molecule has 3 N–H and O–H groups in total. The molecule has 0 aliphatic carbocycles. The van der Waals surface area contributed by atoms with Crippen LogP contribution in [-0.2, 0) is 0 Å². The molecule has 9 heteroatoms. The van der Waals surface area contributed by atoms with Gasteiger partial charge in [-0.15, -0.1) is 0 Å². The van der Waals surface area contributed by atoms with Crippen LogP contribution in [0.5, 0.6) is 0 Å². The van der Waals surface area contributed by atoms with E-state index in [2.05, 4.69) is 32.0 Å². The average molecular weight is 426 g/mol. The van der Waals surface area contributed by atoms with Gasteiger partial charge < -0.3 is 20.9 Å². The van der Waals surface area contributed by atoms with E-state index in [4.69, 9.17) is 22.9 Å². The first-order valence-corrected chi connectivity index (χ1v) is 10.4. The Morgan fingerprint density at radius 2 is 1.80 bits per heavy atom. The largest absolute Gasteiger partial charge is 0.368 e. The minimum absolute atomic E-state index is 0.219. The van der Waals surface area contributed by atoms with Crippen molar-refractivity contribution in [2.75, 3.05) is 43.4 Å².